The minimum atomic E-state index is -3.30. The molecule has 244 valence electrons. The first-order valence-corrected chi connectivity index (χ1v) is 18.1. The molecule has 0 spiro atoms. The van der Waals surface area contributed by atoms with Crippen molar-refractivity contribution in [3.8, 4) is 0 Å². The zero-order valence-electron chi connectivity index (χ0n) is 25.8. The molecule has 7 rings (SSSR count). The van der Waals surface area contributed by atoms with E-state index in [0.717, 1.165) is 51.7 Å². The molecule has 0 radical (unpaired) electrons. The van der Waals surface area contributed by atoms with Gasteiger partial charge < -0.3 is 10.2 Å². The van der Waals surface area contributed by atoms with E-state index in [4.69, 9.17) is 0 Å². The molecule has 0 saturated carbocycles. The van der Waals surface area contributed by atoms with E-state index in [9.17, 15) is 13.2 Å². The predicted molar refractivity (Wildman–Crippen MR) is 169 cm³/mol. The van der Waals surface area contributed by atoms with Crippen LogP contribution in [0, 0.1) is 11.7 Å². The Morgan fingerprint density at radius 1 is 0.933 bits per heavy atom. The first-order valence-electron chi connectivity index (χ1n) is 16.3. The molecular weight excluding hydrogens is 603 g/mol. The Kier molecular flexibility index (Phi) is 9.25. The van der Waals surface area contributed by atoms with Crippen molar-refractivity contribution in [2.45, 2.75) is 89.1 Å². The van der Waals surface area contributed by atoms with Crippen LogP contribution < -0.4 is 10.9 Å². The van der Waals surface area contributed by atoms with Gasteiger partial charge in [-0.05, 0) is 89.4 Å². The SMILES string of the molecule is C[C@H]1Nc2ncnc3c2cc(C2CCS(=O)(=O)CC2)c(=O)n3CCCCCN2CCC(CC2)CCC(F)(F)c2cccc1c2F. The van der Waals surface area contributed by atoms with Crippen LogP contribution >= 0.6 is 0 Å². The number of hydrogen-bond acceptors (Lipinski definition) is 7. The molecule has 45 heavy (non-hydrogen) atoms. The van der Waals surface area contributed by atoms with Crippen molar-refractivity contribution >= 4 is 26.7 Å². The Morgan fingerprint density at radius 3 is 2.42 bits per heavy atom. The highest BCUT2D eigenvalue weighted by Gasteiger charge is 2.37. The van der Waals surface area contributed by atoms with Crippen molar-refractivity contribution in [1.29, 1.82) is 0 Å². The molecule has 4 aliphatic rings. The van der Waals surface area contributed by atoms with Gasteiger partial charge in [-0.1, -0.05) is 24.6 Å². The summed E-state index contributed by atoms with van der Waals surface area (Å²) in [5, 5.41) is 3.78. The number of aryl methyl sites for hydroxylation is 1. The summed E-state index contributed by atoms with van der Waals surface area (Å²) in [5.41, 5.74) is 0.297. The molecule has 1 N–H and O–H groups in total. The van der Waals surface area contributed by atoms with Crippen molar-refractivity contribution in [3.63, 3.8) is 0 Å². The second-order valence-corrected chi connectivity index (χ2v) is 15.4. The van der Waals surface area contributed by atoms with Crippen molar-refractivity contribution in [2.24, 2.45) is 5.92 Å². The summed E-state index contributed by atoms with van der Waals surface area (Å²) in [6.45, 7) is 4.80. The molecule has 12 heteroatoms. The van der Waals surface area contributed by atoms with Crippen molar-refractivity contribution in [1.82, 2.24) is 19.4 Å². The minimum Gasteiger partial charge on any atom is -0.363 e. The van der Waals surface area contributed by atoms with Gasteiger partial charge in [-0.25, -0.2) is 31.6 Å². The summed E-state index contributed by atoms with van der Waals surface area (Å²) < 4.78 is 72.8. The zero-order valence-corrected chi connectivity index (χ0v) is 26.6. The van der Waals surface area contributed by atoms with Crippen LogP contribution in [0.3, 0.4) is 0 Å². The quantitative estimate of drug-likeness (QED) is 0.339. The number of hydrogen-bond donors (Lipinski definition) is 1. The Balaban J connectivity index is 1.41. The molecule has 3 aromatic rings. The van der Waals surface area contributed by atoms with Crippen LogP contribution in [0.2, 0.25) is 0 Å². The van der Waals surface area contributed by atoms with Crippen LogP contribution in [-0.2, 0) is 22.3 Å². The molecule has 1 aromatic carbocycles. The average Bonchev–Trinajstić information content (AvgIpc) is 3.01. The van der Waals surface area contributed by atoms with E-state index in [-0.39, 0.29) is 40.9 Å². The summed E-state index contributed by atoms with van der Waals surface area (Å²) in [5.74, 6) is -3.84. The highest BCUT2D eigenvalue weighted by Crippen LogP contribution is 2.39. The second kappa shape index (κ2) is 13.0. The molecular formula is C33H42F3N5O3S. The maximum absolute atomic E-state index is 15.8. The number of anilines is 1. The lowest BCUT2D eigenvalue weighted by Gasteiger charge is -2.32. The average molecular weight is 646 g/mol. The Labute approximate surface area is 262 Å². The first-order chi connectivity index (χ1) is 21.5. The Bertz CT molecular complexity index is 1690. The lowest BCUT2D eigenvalue weighted by molar-refractivity contribution is -0.0249. The van der Waals surface area contributed by atoms with E-state index in [1.165, 1.54) is 24.5 Å². The number of fused-ring (bicyclic) bond motifs is 9. The number of rotatable bonds is 1. The minimum absolute atomic E-state index is 0.0278. The maximum atomic E-state index is 15.8. The van der Waals surface area contributed by atoms with Gasteiger partial charge in [-0.15, -0.1) is 0 Å². The molecule has 0 amide bonds. The standard InChI is InChI=1S/C33H42F3N5O3S/c1-22-25-6-5-7-28(29(25)34)33(35,36)13-8-23-9-16-40(17-10-23)14-3-2-4-15-41-31-27(30(39-22)37-21-38-31)20-26(32(41)42)24-11-18-45(43,44)19-12-24/h5-7,20-24H,2-4,8-19H2,1H3,(H,37,38,39)/t22-/m1/s1. The molecule has 1 atom stereocenters. The van der Waals surface area contributed by atoms with Crippen molar-refractivity contribution in [3.05, 3.63) is 63.5 Å². The summed E-state index contributed by atoms with van der Waals surface area (Å²) in [6, 6.07) is 5.18. The summed E-state index contributed by atoms with van der Waals surface area (Å²) in [7, 11) is -3.13. The van der Waals surface area contributed by atoms with Crippen LogP contribution in [-0.4, -0.2) is 59.0 Å². The predicted octanol–water partition coefficient (Wildman–Crippen LogP) is 6.16. The first kappa shape index (κ1) is 32.0. The van der Waals surface area contributed by atoms with E-state index in [1.54, 1.807) is 17.6 Å². The number of nitrogens with one attached hydrogen (secondary N) is 1. The summed E-state index contributed by atoms with van der Waals surface area (Å²) in [6.07, 6.45) is 6.39. The third-order valence-electron chi connectivity index (χ3n) is 10.1. The van der Waals surface area contributed by atoms with Crippen molar-refractivity contribution in [2.75, 3.05) is 36.5 Å². The fraction of sp³-hybridized carbons (Fsp3) is 0.606. The zero-order chi connectivity index (χ0) is 31.8. The van der Waals surface area contributed by atoms with E-state index < -0.39 is 33.2 Å². The van der Waals surface area contributed by atoms with Gasteiger partial charge in [0.25, 0.3) is 11.5 Å². The molecule has 8 bridgehead atoms. The number of sulfone groups is 1. The van der Waals surface area contributed by atoms with E-state index in [2.05, 4.69) is 20.2 Å². The number of alkyl halides is 2. The smallest absolute Gasteiger partial charge is 0.276 e. The van der Waals surface area contributed by atoms with Gasteiger partial charge in [0.2, 0.25) is 0 Å². The molecule has 2 fully saturated rings. The number of piperidine rings is 1. The Morgan fingerprint density at radius 2 is 1.67 bits per heavy atom. The van der Waals surface area contributed by atoms with E-state index in [0.29, 0.717) is 48.2 Å². The van der Waals surface area contributed by atoms with Gasteiger partial charge in [0, 0.05) is 24.1 Å². The molecule has 4 aliphatic heterocycles. The topological polar surface area (TPSA) is 97.2 Å². The van der Waals surface area contributed by atoms with Crippen molar-refractivity contribution < 1.29 is 21.6 Å². The van der Waals surface area contributed by atoms with Gasteiger partial charge in [0.1, 0.15) is 33.4 Å². The molecule has 0 aliphatic carbocycles. The number of nitrogens with zero attached hydrogens (tertiary/aromatic N) is 4. The van der Waals surface area contributed by atoms with Gasteiger partial charge in [0.05, 0.1) is 28.5 Å². The van der Waals surface area contributed by atoms with E-state index in [1.807, 2.05) is 0 Å². The molecule has 6 heterocycles. The second-order valence-electron chi connectivity index (χ2n) is 13.1. The fourth-order valence-electron chi connectivity index (χ4n) is 7.27. The number of pyridine rings is 1. The van der Waals surface area contributed by atoms with Crippen LogP contribution in [0.4, 0.5) is 19.0 Å². The van der Waals surface area contributed by atoms with Gasteiger partial charge in [-0.2, -0.15) is 0 Å². The lowest BCUT2D eigenvalue weighted by Crippen LogP contribution is -2.35. The third-order valence-corrected chi connectivity index (χ3v) is 11.8. The molecule has 2 aromatic heterocycles. The van der Waals surface area contributed by atoms with Gasteiger partial charge >= 0.3 is 0 Å². The van der Waals surface area contributed by atoms with Crippen LogP contribution in [0.15, 0.2) is 35.4 Å². The number of aromatic nitrogens is 3. The summed E-state index contributed by atoms with van der Waals surface area (Å²) in [4.78, 5) is 25.2. The highest BCUT2D eigenvalue weighted by molar-refractivity contribution is 7.91. The summed E-state index contributed by atoms with van der Waals surface area (Å²) >= 11 is 0. The monoisotopic (exact) mass is 645 g/mol. The molecule has 2 saturated heterocycles. The number of halogens is 3. The maximum Gasteiger partial charge on any atom is 0.276 e. The highest BCUT2D eigenvalue weighted by atomic mass is 32.2. The van der Waals surface area contributed by atoms with Crippen LogP contribution in [0.25, 0.3) is 11.0 Å². The Hall–Kier alpha value is -2.99. The van der Waals surface area contributed by atoms with Gasteiger partial charge in [0.15, 0.2) is 0 Å². The lowest BCUT2D eigenvalue weighted by atomic mass is 9.88. The number of benzene rings is 1. The van der Waals surface area contributed by atoms with Crippen LogP contribution in [0.5, 0.6) is 0 Å². The molecule has 8 nitrogen and oxygen atoms in total. The van der Waals surface area contributed by atoms with Gasteiger partial charge in [-0.3, -0.25) is 9.36 Å². The largest absolute Gasteiger partial charge is 0.363 e. The molecule has 0 unspecified atom stereocenters. The van der Waals surface area contributed by atoms with Crippen LogP contribution in [0.1, 0.15) is 93.4 Å². The third kappa shape index (κ3) is 6.91. The fourth-order valence-corrected chi connectivity index (χ4v) is 8.76. The normalized spacial score (nSPS) is 26.3. The van der Waals surface area contributed by atoms with E-state index >= 15 is 13.2 Å².